The predicted molar refractivity (Wildman–Crippen MR) is 96.1 cm³/mol. The maximum Gasteiger partial charge on any atom is 0.278 e. The molecule has 1 amide bonds. The molecule has 0 aliphatic rings. The Hall–Kier alpha value is -2.37. The highest BCUT2D eigenvalue weighted by molar-refractivity contribution is 7.11. The van der Waals surface area contributed by atoms with Gasteiger partial charge >= 0.3 is 0 Å². The Balaban J connectivity index is 1.50. The van der Waals surface area contributed by atoms with Crippen LogP contribution >= 0.6 is 22.9 Å². The van der Waals surface area contributed by atoms with Crippen LogP contribution in [0.3, 0.4) is 0 Å². The molecule has 6 heteroatoms. The maximum absolute atomic E-state index is 12.1. The number of carbonyl (C=O) groups is 1. The summed E-state index contributed by atoms with van der Waals surface area (Å²) in [5, 5.41) is 6.04. The Morgan fingerprint density at radius 1 is 1.12 bits per heavy atom. The Morgan fingerprint density at radius 2 is 1.88 bits per heavy atom. The molecule has 0 saturated carbocycles. The van der Waals surface area contributed by atoms with Gasteiger partial charge in [-0.3, -0.25) is 4.79 Å². The van der Waals surface area contributed by atoms with Gasteiger partial charge in [0.1, 0.15) is 5.75 Å². The van der Waals surface area contributed by atoms with E-state index in [1.54, 1.807) is 30.5 Å². The van der Waals surface area contributed by atoms with Crippen molar-refractivity contribution in [1.82, 2.24) is 10.3 Å². The van der Waals surface area contributed by atoms with Crippen LogP contribution in [-0.4, -0.2) is 17.4 Å². The van der Waals surface area contributed by atoms with Gasteiger partial charge in [-0.1, -0.05) is 35.1 Å². The van der Waals surface area contributed by atoms with Crippen molar-refractivity contribution in [3.05, 3.63) is 76.3 Å². The van der Waals surface area contributed by atoms with Crippen molar-refractivity contribution in [1.29, 1.82) is 0 Å². The van der Waals surface area contributed by atoms with E-state index >= 15 is 0 Å². The fourth-order valence-electron chi connectivity index (χ4n) is 2.11. The normalized spacial score (nSPS) is 10.4. The van der Waals surface area contributed by atoms with Gasteiger partial charge in [-0.25, -0.2) is 4.98 Å². The minimum absolute atomic E-state index is 0.107. The summed E-state index contributed by atoms with van der Waals surface area (Å²) in [6.07, 6.45) is 2.44. The van der Waals surface area contributed by atoms with Crippen LogP contribution in [0.15, 0.2) is 60.1 Å². The van der Waals surface area contributed by atoms with Crippen molar-refractivity contribution >= 4 is 28.8 Å². The number of rotatable bonds is 6. The zero-order chi connectivity index (χ0) is 16.8. The third-order valence-corrected chi connectivity index (χ3v) is 4.24. The monoisotopic (exact) mass is 358 g/mol. The van der Waals surface area contributed by atoms with Crippen molar-refractivity contribution in [3.63, 3.8) is 0 Å². The summed E-state index contributed by atoms with van der Waals surface area (Å²) >= 11 is 7.27. The molecule has 0 atom stereocenters. The van der Waals surface area contributed by atoms with E-state index in [9.17, 15) is 4.79 Å². The molecule has 1 N–H and O–H groups in total. The van der Waals surface area contributed by atoms with Crippen molar-refractivity contribution < 1.29 is 9.53 Å². The van der Waals surface area contributed by atoms with E-state index in [0.717, 1.165) is 12.0 Å². The minimum atomic E-state index is -0.107. The number of hydrogen-bond acceptors (Lipinski definition) is 4. The molecule has 3 aromatic rings. The van der Waals surface area contributed by atoms with E-state index in [4.69, 9.17) is 16.3 Å². The number of hydrogen-bond donors (Lipinski definition) is 1. The summed E-state index contributed by atoms with van der Waals surface area (Å²) in [5.41, 5.74) is 1.73. The second-order valence-corrected chi connectivity index (χ2v) is 6.35. The van der Waals surface area contributed by atoms with E-state index in [-0.39, 0.29) is 5.91 Å². The zero-order valence-electron chi connectivity index (χ0n) is 12.7. The molecule has 0 aliphatic heterocycles. The third kappa shape index (κ3) is 4.57. The number of halogens is 1. The lowest BCUT2D eigenvalue weighted by Crippen LogP contribution is -2.25. The summed E-state index contributed by atoms with van der Waals surface area (Å²) in [6, 6.07) is 14.6. The molecular formula is C18H15ClN2O2S. The summed E-state index contributed by atoms with van der Waals surface area (Å²) in [6.45, 7) is 0.567. The van der Waals surface area contributed by atoms with Crippen LogP contribution in [0, 0.1) is 0 Å². The molecule has 24 heavy (non-hydrogen) atoms. The van der Waals surface area contributed by atoms with E-state index in [1.165, 1.54) is 11.3 Å². The second-order valence-electron chi connectivity index (χ2n) is 5.06. The molecule has 122 valence electrons. The van der Waals surface area contributed by atoms with E-state index in [0.29, 0.717) is 28.1 Å². The molecule has 1 heterocycles. The van der Waals surface area contributed by atoms with Gasteiger partial charge in [-0.05, 0) is 48.4 Å². The zero-order valence-corrected chi connectivity index (χ0v) is 14.3. The van der Waals surface area contributed by atoms with Crippen molar-refractivity contribution in [2.24, 2.45) is 0 Å². The lowest BCUT2D eigenvalue weighted by Gasteiger charge is -2.07. The Kier molecular flexibility index (Phi) is 5.46. The average molecular weight is 359 g/mol. The fraction of sp³-hybridized carbons (Fsp3) is 0.111. The SMILES string of the molecule is O=C(NCCc1ccc(Cl)cc1)c1ccc(Oc2nccs2)cc1. The van der Waals surface area contributed by atoms with Gasteiger partial charge in [0, 0.05) is 28.7 Å². The van der Waals surface area contributed by atoms with Crippen molar-refractivity contribution in [2.75, 3.05) is 6.54 Å². The average Bonchev–Trinajstić information content (AvgIpc) is 3.10. The topological polar surface area (TPSA) is 51.2 Å². The summed E-state index contributed by atoms with van der Waals surface area (Å²) in [4.78, 5) is 16.2. The second kappa shape index (κ2) is 7.95. The maximum atomic E-state index is 12.1. The van der Waals surface area contributed by atoms with Gasteiger partial charge in [0.15, 0.2) is 0 Å². The first kappa shape index (κ1) is 16.5. The molecule has 0 unspecified atom stereocenters. The number of benzene rings is 2. The Labute approximate surface area is 149 Å². The molecule has 0 saturated heterocycles. The highest BCUT2D eigenvalue weighted by Crippen LogP contribution is 2.23. The molecule has 3 rings (SSSR count). The van der Waals surface area contributed by atoms with Crippen LogP contribution in [0.25, 0.3) is 0 Å². The highest BCUT2D eigenvalue weighted by atomic mass is 35.5. The van der Waals surface area contributed by atoms with Crippen molar-refractivity contribution in [2.45, 2.75) is 6.42 Å². The van der Waals surface area contributed by atoms with Crippen LogP contribution in [0.4, 0.5) is 0 Å². The van der Waals surface area contributed by atoms with Crippen LogP contribution in [-0.2, 0) is 6.42 Å². The standard InChI is InChI=1S/C18H15ClN2O2S/c19-15-5-1-13(2-6-15)9-10-20-17(22)14-3-7-16(8-4-14)23-18-21-11-12-24-18/h1-8,11-12H,9-10H2,(H,20,22). The van der Waals surface area contributed by atoms with Gasteiger partial charge in [0.2, 0.25) is 0 Å². The number of amides is 1. The van der Waals surface area contributed by atoms with Gasteiger partial charge < -0.3 is 10.1 Å². The molecule has 0 spiro atoms. The lowest BCUT2D eigenvalue weighted by atomic mass is 10.1. The lowest BCUT2D eigenvalue weighted by molar-refractivity contribution is 0.0954. The fourth-order valence-corrected chi connectivity index (χ4v) is 2.74. The van der Waals surface area contributed by atoms with Crippen LogP contribution in [0.5, 0.6) is 10.9 Å². The van der Waals surface area contributed by atoms with Crippen LogP contribution < -0.4 is 10.1 Å². The van der Waals surface area contributed by atoms with Gasteiger partial charge in [0.05, 0.1) is 0 Å². The molecule has 0 bridgehead atoms. The largest absolute Gasteiger partial charge is 0.431 e. The molecule has 0 aliphatic carbocycles. The first-order chi connectivity index (χ1) is 11.7. The third-order valence-electron chi connectivity index (χ3n) is 3.34. The summed E-state index contributed by atoms with van der Waals surface area (Å²) in [5.74, 6) is 0.549. The quantitative estimate of drug-likeness (QED) is 0.702. The van der Waals surface area contributed by atoms with E-state index in [1.807, 2.05) is 29.6 Å². The van der Waals surface area contributed by atoms with Crippen molar-refractivity contribution in [3.8, 4) is 10.9 Å². The number of aromatic nitrogens is 1. The van der Waals surface area contributed by atoms with Gasteiger partial charge in [-0.15, -0.1) is 0 Å². The first-order valence-corrected chi connectivity index (χ1v) is 8.66. The van der Waals surface area contributed by atoms with E-state index in [2.05, 4.69) is 10.3 Å². The molecule has 4 nitrogen and oxygen atoms in total. The molecule has 1 aromatic heterocycles. The summed E-state index contributed by atoms with van der Waals surface area (Å²) in [7, 11) is 0. The minimum Gasteiger partial charge on any atom is -0.431 e. The molecule has 0 radical (unpaired) electrons. The Morgan fingerprint density at radius 3 is 2.54 bits per heavy atom. The molecule has 2 aromatic carbocycles. The van der Waals surface area contributed by atoms with Gasteiger partial charge in [0.25, 0.3) is 11.1 Å². The highest BCUT2D eigenvalue weighted by Gasteiger charge is 2.06. The number of nitrogens with one attached hydrogen (secondary N) is 1. The predicted octanol–water partition coefficient (Wildman–Crippen LogP) is 4.56. The number of ether oxygens (including phenoxy) is 1. The summed E-state index contributed by atoms with van der Waals surface area (Å²) < 4.78 is 5.57. The number of thiazole rings is 1. The number of nitrogens with zero attached hydrogens (tertiary/aromatic N) is 1. The van der Waals surface area contributed by atoms with E-state index < -0.39 is 0 Å². The Bertz CT molecular complexity index is 787. The van der Waals surface area contributed by atoms with Crippen LogP contribution in [0.1, 0.15) is 15.9 Å². The number of carbonyl (C=O) groups excluding carboxylic acids is 1. The van der Waals surface area contributed by atoms with Crippen LogP contribution in [0.2, 0.25) is 5.02 Å². The smallest absolute Gasteiger partial charge is 0.278 e. The van der Waals surface area contributed by atoms with Gasteiger partial charge in [-0.2, -0.15) is 0 Å². The molecular weight excluding hydrogens is 344 g/mol. The molecule has 0 fully saturated rings. The first-order valence-electron chi connectivity index (χ1n) is 7.41.